The number of hydrogen-bond donors (Lipinski definition) is 1. The number of esters is 1. The predicted octanol–water partition coefficient (Wildman–Crippen LogP) is 5.02. The van der Waals surface area contributed by atoms with Crippen molar-refractivity contribution in [3.05, 3.63) is 77.9 Å². The molecule has 38 heavy (non-hydrogen) atoms. The minimum absolute atomic E-state index is 0.197. The molecule has 1 N–H and O–H groups in total. The van der Waals surface area contributed by atoms with Crippen molar-refractivity contribution in [3.63, 3.8) is 0 Å². The molecule has 0 saturated heterocycles. The maximum Gasteiger partial charge on any atom is 0.343 e. The van der Waals surface area contributed by atoms with Crippen molar-refractivity contribution in [1.82, 2.24) is 5.43 Å². The van der Waals surface area contributed by atoms with Gasteiger partial charge in [0, 0.05) is 0 Å². The van der Waals surface area contributed by atoms with Crippen LogP contribution in [0.5, 0.6) is 28.7 Å². The first-order valence-corrected chi connectivity index (χ1v) is 12.3. The molecule has 0 aliphatic carbocycles. The maximum absolute atomic E-state index is 12.5. The maximum atomic E-state index is 12.5. The van der Waals surface area contributed by atoms with Gasteiger partial charge in [-0.15, -0.1) is 0 Å². The molecule has 0 bridgehead atoms. The number of carbonyl (C=O) groups excluding carboxylic acids is 2. The third-order valence-electron chi connectivity index (χ3n) is 5.16. The lowest BCUT2D eigenvalue weighted by atomic mass is 10.2. The van der Waals surface area contributed by atoms with E-state index in [9.17, 15) is 9.59 Å². The van der Waals surface area contributed by atoms with Crippen LogP contribution in [-0.4, -0.2) is 45.0 Å². The van der Waals surface area contributed by atoms with Crippen LogP contribution in [0.15, 0.2) is 71.8 Å². The molecule has 9 heteroatoms. The second kappa shape index (κ2) is 14.9. The Bertz CT molecular complexity index is 1210. The van der Waals surface area contributed by atoms with Gasteiger partial charge in [0.25, 0.3) is 5.91 Å². The van der Waals surface area contributed by atoms with Gasteiger partial charge in [-0.3, -0.25) is 4.79 Å². The average Bonchev–Trinajstić information content (AvgIpc) is 2.94. The number of nitrogens with one attached hydrogen (secondary N) is 1. The Labute approximate surface area is 222 Å². The van der Waals surface area contributed by atoms with E-state index in [0.29, 0.717) is 41.6 Å². The molecule has 0 radical (unpaired) electrons. The van der Waals surface area contributed by atoms with Crippen molar-refractivity contribution in [2.75, 3.05) is 26.9 Å². The fourth-order valence-electron chi connectivity index (χ4n) is 3.17. The van der Waals surface area contributed by atoms with Gasteiger partial charge in [-0.25, -0.2) is 10.2 Å². The van der Waals surface area contributed by atoms with Crippen LogP contribution in [0.3, 0.4) is 0 Å². The van der Waals surface area contributed by atoms with Gasteiger partial charge in [0.15, 0.2) is 18.1 Å². The van der Waals surface area contributed by atoms with Crippen molar-refractivity contribution in [2.45, 2.75) is 26.7 Å². The van der Waals surface area contributed by atoms with E-state index in [1.807, 2.05) is 6.92 Å². The number of unbranched alkanes of at least 4 members (excludes halogenated alkanes) is 1. The van der Waals surface area contributed by atoms with Crippen molar-refractivity contribution in [1.29, 1.82) is 0 Å². The Morgan fingerprint density at radius 3 is 2.18 bits per heavy atom. The standard InChI is InChI=1S/C29H32N2O7/c1-4-6-17-36-24-12-14-25(15-13-24)37-20-28(32)31-30-19-21-7-16-26(27(18-21)35-5-2)38-29(33)22-8-10-23(34-3)11-9-22/h7-16,18-19H,4-6,17,20H2,1-3H3,(H,31,32)/b30-19+. The number of hydrazone groups is 1. The fourth-order valence-corrected chi connectivity index (χ4v) is 3.17. The summed E-state index contributed by atoms with van der Waals surface area (Å²) in [5.74, 6) is 1.64. The van der Waals surface area contributed by atoms with Crippen molar-refractivity contribution >= 4 is 18.1 Å². The van der Waals surface area contributed by atoms with Crippen LogP contribution >= 0.6 is 0 Å². The van der Waals surface area contributed by atoms with Crippen LogP contribution in [0.2, 0.25) is 0 Å². The van der Waals surface area contributed by atoms with Gasteiger partial charge in [-0.1, -0.05) is 13.3 Å². The Kier molecular flexibility index (Phi) is 11.0. The smallest absolute Gasteiger partial charge is 0.343 e. The zero-order valence-corrected chi connectivity index (χ0v) is 21.8. The highest BCUT2D eigenvalue weighted by Gasteiger charge is 2.13. The first-order valence-electron chi connectivity index (χ1n) is 12.3. The number of ether oxygens (including phenoxy) is 5. The van der Waals surface area contributed by atoms with Crippen LogP contribution in [0, 0.1) is 0 Å². The molecule has 3 aromatic carbocycles. The molecular weight excluding hydrogens is 488 g/mol. The van der Waals surface area contributed by atoms with Crippen LogP contribution in [0.4, 0.5) is 0 Å². The molecule has 0 saturated carbocycles. The molecule has 0 unspecified atom stereocenters. The van der Waals surface area contributed by atoms with Gasteiger partial charge in [0.1, 0.15) is 17.2 Å². The van der Waals surface area contributed by atoms with Gasteiger partial charge in [-0.2, -0.15) is 5.10 Å². The third kappa shape index (κ3) is 8.85. The normalized spacial score (nSPS) is 10.6. The zero-order chi connectivity index (χ0) is 27.2. The predicted molar refractivity (Wildman–Crippen MR) is 144 cm³/mol. The second-order valence-corrected chi connectivity index (χ2v) is 8.01. The highest BCUT2D eigenvalue weighted by molar-refractivity contribution is 5.92. The summed E-state index contributed by atoms with van der Waals surface area (Å²) in [6.07, 6.45) is 3.52. The number of methoxy groups -OCH3 is 1. The molecule has 3 aromatic rings. The third-order valence-corrected chi connectivity index (χ3v) is 5.16. The van der Waals surface area contributed by atoms with Crippen molar-refractivity contribution in [2.24, 2.45) is 5.10 Å². The summed E-state index contributed by atoms with van der Waals surface area (Å²) < 4.78 is 27.3. The van der Waals surface area contributed by atoms with Gasteiger partial charge in [0.05, 0.1) is 32.1 Å². The van der Waals surface area contributed by atoms with Crippen molar-refractivity contribution in [3.8, 4) is 28.7 Å². The van der Waals surface area contributed by atoms with E-state index < -0.39 is 11.9 Å². The van der Waals surface area contributed by atoms with Crippen molar-refractivity contribution < 1.29 is 33.3 Å². The average molecular weight is 521 g/mol. The Morgan fingerprint density at radius 1 is 0.842 bits per heavy atom. The number of rotatable bonds is 14. The number of amides is 1. The zero-order valence-electron chi connectivity index (χ0n) is 21.8. The highest BCUT2D eigenvalue weighted by Crippen LogP contribution is 2.29. The largest absolute Gasteiger partial charge is 0.497 e. The number of benzene rings is 3. The van der Waals surface area contributed by atoms with E-state index in [1.54, 1.807) is 73.8 Å². The van der Waals surface area contributed by atoms with E-state index in [4.69, 9.17) is 23.7 Å². The Hall–Kier alpha value is -4.53. The first-order chi connectivity index (χ1) is 18.5. The molecule has 0 aliphatic rings. The van der Waals surface area contributed by atoms with Gasteiger partial charge >= 0.3 is 5.97 Å². The monoisotopic (exact) mass is 520 g/mol. The van der Waals surface area contributed by atoms with Crippen LogP contribution in [0.1, 0.15) is 42.6 Å². The minimum Gasteiger partial charge on any atom is -0.497 e. The van der Waals surface area contributed by atoms with Crippen LogP contribution < -0.4 is 29.1 Å². The quantitative estimate of drug-likeness (QED) is 0.105. The molecule has 0 fully saturated rings. The van der Waals surface area contributed by atoms with E-state index >= 15 is 0 Å². The molecule has 0 aromatic heterocycles. The van der Waals surface area contributed by atoms with Gasteiger partial charge < -0.3 is 23.7 Å². The molecule has 1 amide bonds. The molecule has 0 aliphatic heterocycles. The van der Waals surface area contributed by atoms with Gasteiger partial charge in [0.2, 0.25) is 0 Å². The number of nitrogens with zero attached hydrogens (tertiary/aromatic N) is 1. The summed E-state index contributed by atoms with van der Waals surface area (Å²) in [4.78, 5) is 24.6. The molecule has 0 heterocycles. The van der Waals surface area contributed by atoms with E-state index in [-0.39, 0.29) is 12.4 Å². The lowest BCUT2D eigenvalue weighted by molar-refractivity contribution is -0.123. The molecule has 200 valence electrons. The number of hydrogen-bond acceptors (Lipinski definition) is 8. The SMILES string of the molecule is CCCCOc1ccc(OCC(=O)N/N=C/c2ccc(OC(=O)c3ccc(OC)cc3)c(OCC)c2)cc1. The summed E-state index contributed by atoms with van der Waals surface area (Å²) in [5, 5.41) is 3.97. The Morgan fingerprint density at radius 2 is 1.53 bits per heavy atom. The summed E-state index contributed by atoms with van der Waals surface area (Å²) in [6, 6.07) is 18.6. The topological polar surface area (TPSA) is 105 Å². The summed E-state index contributed by atoms with van der Waals surface area (Å²) in [6.45, 7) is 4.77. The molecule has 9 nitrogen and oxygen atoms in total. The lowest BCUT2D eigenvalue weighted by Gasteiger charge is -2.11. The van der Waals surface area contributed by atoms with E-state index in [1.165, 1.54) is 6.21 Å². The molecule has 0 spiro atoms. The summed E-state index contributed by atoms with van der Waals surface area (Å²) in [7, 11) is 1.55. The molecule has 0 atom stereocenters. The van der Waals surface area contributed by atoms with Gasteiger partial charge in [-0.05, 0) is 85.6 Å². The first kappa shape index (κ1) is 28.0. The van der Waals surface area contributed by atoms with Crippen LogP contribution in [-0.2, 0) is 4.79 Å². The summed E-state index contributed by atoms with van der Waals surface area (Å²) >= 11 is 0. The highest BCUT2D eigenvalue weighted by atomic mass is 16.6. The molecule has 3 rings (SSSR count). The minimum atomic E-state index is -0.527. The second-order valence-electron chi connectivity index (χ2n) is 8.01. The lowest BCUT2D eigenvalue weighted by Crippen LogP contribution is -2.24. The summed E-state index contributed by atoms with van der Waals surface area (Å²) in [5.41, 5.74) is 3.43. The fraction of sp³-hybridized carbons (Fsp3) is 0.276. The van der Waals surface area contributed by atoms with Crippen LogP contribution in [0.25, 0.3) is 0 Å². The van der Waals surface area contributed by atoms with E-state index in [2.05, 4.69) is 17.5 Å². The van der Waals surface area contributed by atoms with E-state index in [0.717, 1.165) is 18.6 Å². The molecular formula is C29H32N2O7. The Balaban J connectivity index is 1.51. The number of carbonyl (C=O) groups is 2.